The maximum Gasteiger partial charge on any atom is 0.326 e. The molecule has 5 N–H and O–H groups in total. The fourth-order valence-corrected chi connectivity index (χ4v) is 4.15. The summed E-state index contributed by atoms with van der Waals surface area (Å²) in [4.78, 5) is 44.6. The summed E-state index contributed by atoms with van der Waals surface area (Å²) in [5, 5.41) is 20.6. The predicted octanol–water partition coefficient (Wildman–Crippen LogP) is 4.57. The maximum atomic E-state index is 12.1. The zero-order valence-electron chi connectivity index (χ0n) is 23.3. The van der Waals surface area contributed by atoms with Crippen molar-refractivity contribution in [3.8, 4) is 0 Å². The van der Waals surface area contributed by atoms with Crippen molar-refractivity contribution in [2.75, 3.05) is 26.4 Å². The molecule has 0 aromatic heterocycles. The van der Waals surface area contributed by atoms with E-state index in [1.54, 1.807) is 0 Å². The number of carboxylic acids is 2. The lowest BCUT2D eigenvalue weighted by atomic mass is 10.0. The Balaban J connectivity index is 3.53. The third-order valence-corrected chi connectivity index (χ3v) is 6.33. The molecule has 1 unspecified atom stereocenters. The quantitative estimate of drug-likeness (QED) is 0.0994. The van der Waals surface area contributed by atoms with Gasteiger partial charge >= 0.3 is 11.9 Å². The number of rotatable bonds is 29. The molecule has 0 saturated heterocycles. The Hall–Kier alpha value is -2.20. The number of primary amides is 1. The van der Waals surface area contributed by atoms with E-state index in [-0.39, 0.29) is 25.5 Å². The number of nitrogens with one attached hydrogen (secondary N) is 1. The maximum absolute atomic E-state index is 12.1. The van der Waals surface area contributed by atoms with Crippen molar-refractivity contribution in [3.63, 3.8) is 0 Å². The van der Waals surface area contributed by atoms with Gasteiger partial charge in [0, 0.05) is 19.4 Å². The van der Waals surface area contributed by atoms with E-state index in [1.165, 1.54) is 51.4 Å². The van der Waals surface area contributed by atoms with Crippen LogP contribution in [-0.2, 0) is 28.7 Å². The monoisotopic (exact) mass is 544 g/mol. The number of amides is 2. The molecule has 0 aromatic carbocycles. The summed E-state index contributed by atoms with van der Waals surface area (Å²) in [6.07, 6.45) is 17.9. The zero-order chi connectivity index (χ0) is 28.3. The van der Waals surface area contributed by atoms with Crippen LogP contribution in [0.2, 0.25) is 0 Å². The van der Waals surface area contributed by atoms with E-state index >= 15 is 0 Å². The Morgan fingerprint density at radius 3 is 1.55 bits per heavy atom. The Bertz CT molecular complexity index is 630. The Kier molecular flexibility index (Phi) is 24.9. The van der Waals surface area contributed by atoms with E-state index in [2.05, 4.69) is 5.32 Å². The molecule has 222 valence electrons. The van der Waals surface area contributed by atoms with Crippen LogP contribution in [0, 0.1) is 0 Å². The highest BCUT2D eigenvalue weighted by Gasteiger charge is 2.19. The molecule has 1 atom stereocenters. The first kappa shape index (κ1) is 35.8. The SMILES string of the molecule is NC(=O)COCCOCCCCC(NC(=O)CCCCCCCCCCCCCCCCC(=O)O)C(=O)O. The van der Waals surface area contributed by atoms with Crippen molar-refractivity contribution >= 4 is 23.8 Å². The van der Waals surface area contributed by atoms with Gasteiger partial charge in [-0.25, -0.2) is 4.79 Å². The predicted molar refractivity (Wildman–Crippen MR) is 146 cm³/mol. The fraction of sp³-hybridized carbons (Fsp3) is 0.857. The highest BCUT2D eigenvalue weighted by Crippen LogP contribution is 2.14. The van der Waals surface area contributed by atoms with E-state index in [4.69, 9.17) is 20.3 Å². The summed E-state index contributed by atoms with van der Waals surface area (Å²) < 4.78 is 10.3. The van der Waals surface area contributed by atoms with Crippen molar-refractivity contribution in [2.24, 2.45) is 5.73 Å². The molecule has 0 aliphatic heterocycles. The minimum Gasteiger partial charge on any atom is -0.481 e. The second-order valence-corrected chi connectivity index (χ2v) is 9.93. The summed E-state index contributed by atoms with van der Waals surface area (Å²) in [6.45, 7) is 0.938. The van der Waals surface area contributed by atoms with E-state index in [9.17, 15) is 24.3 Å². The number of carbonyl (C=O) groups is 4. The second kappa shape index (κ2) is 26.4. The van der Waals surface area contributed by atoms with Crippen molar-refractivity contribution in [1.82, 2.24) is 5.32 Å². The molecule has 10 heteroatoms. The molecule has 0 heterocycles. The van der Waals surface area contributed by atoms with Gasteiger partial charge in [-0.3, -0.25) is 14.4 Å². The molecule has 0 radical (unpaired) electrons. The molecule has 0 bridgehead atoms. The molecule has 10 nitrogen and oxygen atoms in total. The van der Waals surface area contributed by atoms with Gasteiger partial charge in [-0.15, -0.1) is 0 Å². The minimum atomic E-state index is -1.02. The van der Waals surface area contributed by atoms with Gasteiger partial charge in [-0.05, 0) is 32.1 Å². The largest absolute Gasteiger partial charge is 0.481 e. The molecule has 0 aliphatic rings. The van der Waals surface area contributed by atoms with Crippen molar-refractivity contribution in [2.45, 2.75) is 128 Å². The van der Waals surface area contributed by atoms with Gasteiger partial charge in [0.25, 0.3) is 0 Å². The number of unbranched alkanes of at least 4 members (excludes halogenated alkanes) is 14. The molecule has 2 amide bonds. The summed E-state index contributed by atoms with van der Waals surface area (Å²) in [7, 11) is 0. The van der Waals surface area contributed by atoms with Crippen LogP contribution in [0.25, 0.3) is 0 Å². The smallest absolute Gasteiger partial charge is 0.326 e. The van der Waals surface area contributed by atoms with Crippen molar-refractivity contribution in [1.29, 1.82) is 0 Å². The molecule has 0 fully saturated rings. The summed E-state index contributed by atoms with van der Waals surface area (Å²) in [6, 6.07) is -0.877. The number of hydrogen-bond donors (Lipinski definition) is 4. The Morgan fingerprint density at radius 1 is 0.605 bits per heavy atom. The van der Waals surface area contributed by atoms with Crippen LogP contribution in [0.1, 0.15) is 122 Å². The van der Waals surface area contributed by atoms with Crippen LogP contribution in [0.5, 0.6) is 0 Å². The van der Waals surface area contributed by atoms with Gasteiger partial charge in [0.2, 0.25) is 11.8 Å². The fourth-order valence-electron chi connectivity index (χ4n) is 4.15. The summed E-state index contributed by atoms with van der Waals surface area (Å²) in [5.41, 5.74) is 4.96. The normalized spacial score (nSPS) is 11.8. The molecule has 38 heavy (non-hydrogen) atoms. The number of carbonyl (C=O) groups excluding carboxylic acids is 2. The number of hydrogen-bond acceptors (Lipinski definition) is 6. The van der Waals surface area contributed by atoms with E-state index < -0.39 is 23.9 Å². The highest BCUT2D eigenvalue weighted by atomic mass is 16.5. The van der Waals surface area contributed by atoms with E-state index in [0.29, 0.717) is 38.9 Å². The Labute approximate surface area is 228 Å². The van der Waals surface area contributed by atoms with Crippen LogP contribution in [0.4, 0.5) is 0 Å². The van der Waals surface area contributed by atoms with Crippen LogP contribution in [0.3, 0.4) is 0 Å². The van der Waals surface area contributed by atoms with Gasteiger partial charge in [-0.1, -0.05) is 77.0 Å². The molecule has 0 aliphatic carbocycles. The highest BCUT2D eigenvalue weighted by molar-refractivity contribution is 5.83. The molecule has 0 rings (SSSR count). The number of aliphatic carboxylic acids is 2. The first-order chi connectivity index (χ1) is 18.3. The molecule has 0 aromatic rings. The lowest BCUT2D eigenvalue weighted by Crippen LogP contribution is -2.40. The standard InChI is InChI=1S/C28H52N2O8/c29-25(31)23-38-22-21-37-20-16-15-17-24(28(35)36)30-26(32)18-13-11-9-7-5-3-1-2-4-6-8-10-12-14-19-27(33)34/h24H,1-23H2,(H2,29,31)(H,30,32)(H,33,34)(H,35,36). The zero-order valence-corrected chi connectivity index (χ0v) is 23.3. The lowest BCUT2D eigenvalue weighted by molar-refractivity contribution is -0.142. The Morgan fingerprint density at radius 2 is 1.08 bits per heavy atom. The molecule has 0 saturated carbocycles. The van der Waals surface area contributed by atoms with Crippen LogP contribution in [-0.4, -0.2) is 66.4 Å². The topological polar surface area (TPSA) is 165 Å². The third-order valence-electron chi connectivity index (χ3n) is 6.33. The minimum absolute atomic E-state index is 0.133. The number of ether oxygens (including phenoxy) is 2. The average molecular weight is 545 g/mol. The van der Waals surface area contributed by atoms with Gasteiger partial charge in [-0.2, -0.15) is 0 Å². The first-order valence-electron chi connectivity index (χ1n) is 14.5. The van der Waals surface area contributed by atoms with Gasteiger partial charge in [0.15, 0.2) is 0 Å². The van der Waals surface area contributed by atoms with Crippen molar-refractivity contribution in [3.05, 3.63) is 0 Å². The number of nitrogens with two attached hydrogens (primary N) is 1. The van der Waals surface area contributed by atoms with Gasteiger partial charge in [0.05, 0.1) is 13.2 Å². The van der Waals surface area contributed by atoms with E-state index in [1.807, 2.05) is 0 Å². The second-order valence-electron chi connectivity index (χ2n) is 9.93. The lowest BCUT2D eigenvalue weighted by Gasteiger charge is -2.14. The molecule has 0 spiro atoms. The van der Waals surface area contributed by atoms with Crippen LogP contribution >= 0.6 is 0 Å². The van der Waals surface area contributed by atoms with E-state index in [0.717, 1.165) is 38.5 Å². The average Bonchev–Trinajstić information content (AvgIpc) is 2.86. The summed E-state index contributed by atoms with van der Waals surface area (Å²) >= 11 is 0. The van der Waals surface area contributed by atoms with Gasteiger partial charge in [0.1, 0.15) is 12.6 Å². The number of carboxylic acid groups (broad SMARTS) is 2. The third kappa shape index (κ3) is 26.9. The van der Waals surface area contributed by atoms with Gasteiger partial charge < -0.3 is 30.7 Å². The van der Waals surface area contributed by atoms with Crippen LogP contribution in [0.15, 0.2) is 0 Å². The van der Waals surface area contributed by atoms with Crippen molar-refractivity contribution < 1.29 is 38.9 Å². The molecular formula is C28H52N2O8. The first-order valence-corrected chi connectivity index (χ1v) is 14.5. The summed E-state index contributed by atoms with van der Waals surface area (Å²) in [5.74, 6) is -2.45. The molecular weight excluding hydrogens is 492 g/mol. The van der Waals surface area contributed by atoms with Crippen LogP contribution < -0.4 is 11.1 Å².